The molecule has 0 fully saturated rings. The molecule has 2 aromatic heterocycles. The van der Waals surface area contributed by atoms with E-state index in [1.54, 1.807) is 28.0 Å². The number of benzene rings is 1. The number of nitrogens with one attached hydrogen (secondary N) is 1. The molecule has 0 saturated carbocycles. The predicted octanol–water partition coefficient (Wildman–Crippen LogP) is 5.05. The summed E-state index contributed by atoms with van der Waals surface area (Å²) in [6.45, 7) is 4.34. The average Bonchev–Trinajstić information content (AvgIpc) is 3.08. The van der Waals surface area contributed by atoms with Crippen LogP contribution in [0.3, 0.4) is 0 Å². The summed E-state index contributed by atoms with van der Waals surface area (Å²) in [5, 5.41) is 4.89. The molecular formula is C21H22ClN3O2S2. The number of anilines is 1. The number of aryl methyl sites for hydroxylation is 2. The Morgan fingerprint density at radius 3 is 2.93 bits per heavy atom. The Balaban J connectivity index is 1.58. The van der Waals surface area contributed by atoms with Crippen LogP contribution < -0.4 is 10.9 Å². The molecule has 0 bridgehead atoms. The van der Waals surface area contributed by atoms with Gasteiger partial charge in [0.1, 0.15) is 4.83 Å². The Labute approximate surface area is 182 Å². The Kier molecular flexibility index (Phi) is 5.99. The van der Waals surface area contributed by atoms with Gasteiger partial charge in [-0.05, 0) is 62.8 Å². The lowest BCUT2D eigenvalue weighted by Crippen LogP contribution is -2.24. The van der Waals surface area contributed by atoms with Crippen molar-refractivity contribution in [3.8, 4) is 0 Å². The summed E-state index contributed by atoms with van der Waals surface area (Å²) in [5.74, 6) is 0.0254. The number of fused-ring (bicyclic) bond motifs is 3. The van der Waals surface area contributed by atoms with E-state index in [9.17, 15) is 9.59 Å². The van der Waals surface area contributed by atoms with Gasteiger partial charge in [-0.15, -0.1) is 11.3 Å². The second-order valence-corrected chi connectivity index (χ2v) is 9.52. The minimum atomic E-state index is -0.150. The highest BCUT2D eigenvalue weighted by Crippen LogP contribution is 2.34. The van der Waals surface area contributed by atoms with E-state index in [0.29, 0.717) is 22.4 Å². The number of thiophene rings is 1. The maximum absolute atomic E-state index is 13.1. The standard InChI is InChI=1S/C21H22ClN3O2S2/c1-3-25-20(27)18-13-7-4-5-10-16(13)29-19(18)24-21(25)28-11-17(26)23-15-9-6-8-14(22)12(15)2/h6,8-9H,3-5,7,10-11H2,1-2H3,(H,23,26). The Morgan fingerprint density at radius 2 is 2.14 bits per heavy atom. The molecule has 4 rings (SSSR count). The zero-order valence-corrected chi connectivity index (χ0v) is 18.8. The molecule has 8 heteroatoms. The minimum Gasteiger partial charge on any atom is -0.325 e. The topological polar surface area (TPSA) is 64.0 Å². The highest BCUT2D eigenvalue weighted by molar-refractivity contribution is 7.99. The number of thioether (sulfide) groups is 1. The van der Waals surface area contributed by atoms with Gasteiger partial charge in [-0.2, -0.15) is 0 Å². The molecule has 152 valence electrons. The molecule has 1 aromatic carbocycles. The summed E-state index contributed by atoms with van der Waals surface area (Å²) in [6.07, 6.45) is 4.30. The second kappa shape index (κ2) is 8.50. The normalized spacial score (nSPS) is 13.5. The predicted molar refractivity (Wildman–Crippen MR) is 122 cm³/mol. The van der Waals surface area contributed by atoms with Crippen molar-refractivity contribution in [1.82, 2.24) is 9.55 Å². The lowest BCUT2D eigenvalue weighted by atomic mass is 9.97. The molecule has 1 N–H and O–H groups in total. The van der Waals surface area contributed by atoms with Gasteiger partial charge in [0.2, 0.25) is 5.91 Å². The first-order valence-electron chi connectivity index (χ1n) is 9.72. The van der Waals surface area contributed by atoms with E-state index in [2.05, 4.69) is 5.32 Å². The van der Waals surface area contributed by atoms with Crippen molar-refractivity contribution < 1.29 is 4.79 Å². The van der Waals surface area contributed by atoms with Crippen LogP contribution in [-0.2, 0) is 24.2 Å². The van der Waals surface area contributed by atoms with Crippen LogP contribution in [0, 0.1) is 6.92 Å². The second-order valence-electron chi connectivity index (χ2n) is 7.08. The third-order valence-corrected chi connectivity index (χ3v) is 7.80. The fraction of sp³-hybridized carbons (Fsp3) is 0.381. The highest BCUT2D eigenvalue weighted by Gasteiger charge is 2.22. The van der Waals surface area contributed by atoms with Gasteiger partial charge >= 0.3 is 0 Å². The number of hydrogen-bond donors (Lipinski definition) is 1. The first-order chi connectivity index (χ1) is 14.0. The molecule has 5 nitrogen and oxygen atoms in total. The van der Waals surface area contributed by atoms with Crippen LogP contribution in [0.25, 0.3) is 10.2 Å². The molecule has 1 amide bonds. The lowest BCUT2D eigenvalue weighted by Gasteiger charge is -2.12. The number of nitrogens with zero attached hydrogens (tertiary/aromatic N) is 2. The SMILES string of the molecule is CCn1c(SCC(=O)Nc2cccc(Cl)c2C)nc2sc3c(c2c1=O)CCCC3. The van der Waals surface area contributed by atoms with Crippen molar-refractivity contribution in [3.63, 3.8) is 0 Å². The van der Waals surface area contributed by atoms with Crippen molar-refractivity contribution in [3.05, 3.63) is 49.6 Å². The first kappa shape index (κ1) is 20.4. The zero-order chi connectivity index (χ0) is 20.5. The molecule has 3 aromatic rings. The molecule has 1 aliphatic carbocycles. The largest absolute Gasteiger partial charge is 0.325 e. The molecule has 2 heterocycles. The molecule has 0 atom stereocenters. The number of hydrogen-bond acceptors (Lipinski definition) is 5. The highest BCUT2D eigenvalue weighted by atomic mass is 35.5. The van der Waals surface area contributed by atoms with Crippen molar-refractivity contribution in [2.75, 3.05) is 11.1 Å². The summed E-state index contributed by atoms with van der Waals surface area (Å²) in [7, 11) is 0. The van der Waals surface area contributed by atoms with Gasteiger partial charge in [-0.25, -0.2) is 4.98 Å². The monoisotopic (exact) mass is 447 g/mol. The quantitative estimate of drug-likeness (QED) is 0.439. The molecule has 0 aliphatic heterocycles. The fourth-order valence-corrected chi connectivity index (χ4v) is 6.01. The number of rotatable bonds is 5. The van der Waals surface area contributed by atoms with Crippen molar-refractivity contribution in [2.45, 2.75) is 51.2 Å². The summed E-state index contributed by atoms with van der Waals surface area (Å²) >= 11 is 9.05. The summed E-state index contributed by atoms with van der Waals surface area (Å²) in [6, 6.07) is 5.42. The van der Waals surface area contributed by atoms with Gasteiger partial charge < -0.3 is 5.32 Å². The van der Waals surface area contributed by atoms with Gasteiger partial charge in [0.25, 0.3) is 5.56 Å². The summed E-state index contributed by atoms with van der Waals surface area (Å²) in [4.78, 5) is 32.5. The van der Waals surface area contributed by atoms with Crippen LogP contribution in [-0.4, -0.2) is 21.2 Å². The molecule has 0 radical (unpaired) electrons. The Bertz CT molecular complexity index is 1150. The molecule has 29 heavy (non-hydrogen) atoms. The molecular weight excluding hydrogens is 426 g/mol. The Morgan fingerprint density at radius 1 is 1.34 bits per heavy atom. The van der Waals surface area contributed by atoms with Gasteiger partial charge in [-0.1, -0.05) is 29.4 Å². The van der Waals surface area contributed by atoms with E-state index < -0.39 is 0 Å². The minimum absolute atomic E-state index is 0.0190. The smallest absolute Gasteiger partial charge is 0.263 e. The number of amides is 1. The van der Waals surface area contributed by atoms with Crippen LogP contribution in [0.5, 0.6) is 0 Å². The van der Waals surface area contributed by atoms with Crippen LogP contribution in [0.4, 0.5) is 5.69 Å². The van der Waals surface area contributed by atoms with Crippen molar-refractivity contribution >= 4 is 56.5 Å². The maximum Gasteiger partial charge on any atom is 0.263 e. The van der Waals surface area contributed by atoms with Gasteiger partial charge in [0.05, 0.1) is 11.1 Å². The summed E-state index contributed by atoms with van der Waals surface area (Å²) in [5.41, 5.74) is 2.75. The van der Waals surface area contributed by atoms with E-state index in [1.807, 2.05) is 19.9 Å². The lowest BCUT2D eigenvalue weighted by molar-refractivity contribution is -0.113. The molecule has 0 unspecified atom stereocenters. The van der Waals surface area contributed by atoms with Crippen LogP contribution in [0.1, 0.15) is 35.8 Å². The Hall–Kier alpha value is -1.83. The van der Waals surface area contributed by atoms with Crippen LogP contribution >= 0.6 is 34.7 Å². The first-order valence-corrected chi connectivity index (χ1v) is 11.9. The van der Waals surface area contributed by atoms with Crippen molar-refractivity contribution in [1.29, 1.82) is 0 Å². The van der Waals surface area contributed by atoms with E-state index in [1.165, 1.54) is 28.6 Å². The van der Waals surface area contributed by atoms with E-state index >= 15 is 0 Å². The molecule has 0 saturated heterocycles. The number of halogens is 1. The average molecular weight is 448 g/mol. The van der Waals surface area contributed by atoms with Crippen LogP contribution in [0.2, 0.25) is 5.02 Å². The molecule has 0 spiro atoms. The number of aromatic nitrogens is 2. The summed E-state index contributed by atoms with van der Waals surface area (Å²) < 4.78 is 1.69. The third-order valence-electron chi connectivity index (χ3n) is 5.23. The third kappa shape index (κ3) is 3.96. The van der Waals surface area contributed by atoms with Gasteiger partial charge in [0.15, 0.2) is 5.16 Å². The van der Waals surface area contributed by atoms with E-state index in [-0.39, 0.29) is 17.2 Å². The number of carbonyl (C=O) groups excluding carboxylic acids is 1. The fourth-order valence-electron chi connectivity index (χ4n) is 3.67. The maximum atomic E-state index is 13.1. The number of carbonyl (C=O) groups is 1. The van der Waals surface area contributed by atoms with Crippen molar-refractivity contribution in [2.24, 2.45) is 0 Å². The van der Waals surface area contributed by atoms with E-state index in [0.717, 1.165) is 35.0 Å². The van der Waals surface area contributed by atoms with Gasteiger partial charge in [-0.3, -0.25) is 14.2 Å². The zero-order valence-electron chi connectivity index (χ0n) is 16.4. The molecule has 1 aliphatic rings. The van der Waals surface area contributed by atoms with E-state index in [4.69, 9.17) is 16.6 Å². The van der Waals surface area contributed by atoms with Crippen LogP contribution in [0.15, 0.2) is 28.2 Å². The van der Waals surface area contributed by atoms with Gasteiger partial charge in [0, 0.05) is 22.1 Å².